The van der Waals surface area contributed by atoms with Crippen molar-refractivity contribution in [3.8, 4) is 0 Å². The van der Waals surface area contributed by atoms with Crippen molar-refractivity contribution in [3.63, 3.8) is 0 Å². The molecule has 0 aromatic carbocycles. The Labute approximate surface area is 102 Å². The first-order chi connectivity index (χ1) is 7.44. The van der Waals surface area contributed by atoms with Crippen molar-refractivity contribution in [1.82, 2.24) is 0 Å². The summed E-state index contributed by atoms with van der Waals surface area (Å²) in [7, 11) is 0. The molecule has 0 bridgehead atoms. The molecule has 5 heteroatoms. The van der Waals surface area contributed by atoms with E-state index in [2.05, 4.69) is 5.16 Å². The number of thioether (sulfide) groups is 1. The molecular formula is C11H24N2O2S. The first kappa shape index (κ1) is 15.6. The SMILES string of the molecule is CC(CO)CSCCCC(C)(C)C(N)=NO. The van der Waals surface area contributed by atoms with Crippen molar-refractivity contribution in [2.45, 2.75) is 33.6 Å². The smallest absolute Gasteiger partial charge is 0.144 e. The Bertz CT molecular complexity index is 220. The van der Waals surface area contributed by atoms with Gasteiger partial charge in [0.1, 0.15) is 5.84 Å². The van der Waals surface area contributed by atoms with E-state index >= 15 is 0 Å². The van der Waals surface area contributed by atoms with Gasteiger partial charge in [0.15, 0.2) is 0 Å². The summed E-state index contributed by atoms with van der Waals surface area (Å²) in [6.45, 7) is 6.24. The lowest BCUT2D eigenvalue weighted by atomic mass is 9.87. The van der Waals surface area contributed by atoms with Gasteiger partial charge in [-0.3, -0.25) is 0 Å². The molecule has 0 rings (SSSR count). The molecule has 0 fully saturated rings. The molecular weight excluding hydrogens is 224 g/mol. The van der Waals surface area contributed by atoms with Crippen LogP contribution in [0.5, 0.6) is 0 Å². The zero-order chi connectivity index (χ0) is 12.6. The summed E-state index contributed by atoms with van der Waals surface area (Å²) >= 11 is 1.84. The summed E-state index contributed by atoms with van der Waals surface area (Å²) in [5.41, 5.74) is 5.36. The highest BCUT2D eigenvalue weighted by molar-refractivity contribution is 7.99. The Morgan fingerprint density at radius 2 is 2.12 bits per heavy atom. The second-order valence-corrected chi connectivity index (χ2v) is 5.99. The molecule has 1 unspecified atom stereocenters. The monoisotopic (exact) mass is 248 g/mol. The van der Waals surface area contributed by atoms with Gasteiger partial charge in [-0.2, -0.15) is 11.8 Å². The fraction of sp³-hybridized carbons (Fsp3) is 0.909. The summed E-state index contributed by atoms with van der Waals surface area (Å²) in [6, 6.07) is 0. The largest absolute Gasteiger partial charge is 0.409 e. The van der Waals surface area contributed by atoms with Crippen LogP contribution in [0.25, 0.3) is 0 Å². The third kappa shape index (κ3) is 6.23. The lowest BCUT2D eigenvalue weighted by molar-refractivity contribution is 0.250. The Kier molecular flexibility index (Phi) is 7.58. The van der Waals surface area contributed by atoms with E-state index in [9.17, 15) is 0 Å². The molecule has 0 aromatic rings. The van der Waals surface area contributed by atoms with E-state index in [4.69, 9.17) is 16.0 Å². The van der Waals surface area contributed by atoms with Crippen LogP contribution in [0.2, 0.25) is 0 Å². The Morgan fingerprint density at radius 3 is 2.62 bits per heavy atom. The van der Waals surface area contributed by atoms with Crippen molar-refractivity contribution in [3.05, 3.63) is 0 Å². The zero-order valence-electron chi connectivity index (χ0n) is 10.4. The number of rotatable bonds is 8. The molecule has 0 aliphatic heterocycles. The van der Waals surface area contributed by atoms with Crippen LogP contribution in [-0.2, 0) is 0 Å². The minimum absolute atomic E-state index is 0.238. The molecule has 0 radical (unpaired) electrons. The highest BCUT2D eigenvalue weighted by Gasteiger charge is 2.22. The van der Waals surface area contributed by atoms with Crippen LogP contribution in [0.1, 0.15) is 33.6 Å². The molecule has 0 aliphatic carbocycles. The lowest BCUT2D eigenvalue weighted by Gasteiger charge is -2.22. The fourth-order valence-electron chi connectivity index (χ4n) is 1.22. The van der Waals surface area contributed by atoms with Gasteiger partial charge in [-0.15, -0.1) is 0 Å². The van der Waals surface area contributed by atoms with Gasteiger partial charge in [0.2, 0.25) is 0 Å². The molecule has 0 amide bonds. The Hall–Kier alpha value is -0.420. The van der Waals surface area contributed by atoms with E-state index in [0.29, 0.717) is 11.8 Å². The number of nitrogens with two attached hydrogens (primary N) is 1. The third-order valence-electron chi connectivity index (χ3n) is 2.61. The topological polar surface area (TPSA) is 78.8 Å². The molecule has 1 atom stereocenters. The summed E-state index contributed by atoms with van der Waals surface area (Å²) in [5.74, 6) is 2.69. The molecule has 0 heterocycles. The number of amidine groups is 1. The number of hydrogen-bond acceptors (Lipinski definition) is 4. The van der Waals surface area contributed by atoms with Crippen LogP contribution < -0.4 is 5.73 Å². The lowest BCUT2D eigenvalue weighted by Crippen LogP contribution is -2.31. The maximum atomic E-state index is 8.85. The number of aliphatic hydroxyl groups is 1. The molecule has 0 aliphatic rings. The fourth-order valence-corrected chi connectivity index (χ4v) is 2.24. The minimum Gasteiger partial charge on any atom is -0.409 e. The molecule has 96 valence electrons. The second kappa shape index (κ2) is 7.79. The first-order valence-corrected chi connectivity index (χ1v) is 6.76. The van der Waals surface area contributed by atoms with Crippen molar-refractivity contribution in [2.75, 3.05) is 18.1 Å². The number of aliphatic hydroxyl groups excluding tert-OH is 1. The maximum absolute atomic E-state index is 8.85. The molecule has 4 nitrogen and oxygen atoms in total. The molecule has 16 heavy (non-hydrogen) atoms. The highest BCUT2D eigenvalue weighted by atomic mass is 32.2. The molecule has 4 N–H and O–H groups in total. The molecule has 0 spiro atoms. The van der Waals surface area contributed by atoms with E-state index in [1.165, 1.54) is 0 Å². The first-order valence-electron chi connectivity index (χ1n) is 5.60. The van der Waals surface area contributed by atoms with Gasteiger partial charge in [0.25, 0.3) is 0 Å². The van der Waals surface area contributed by atoms with Crippen LogP contribution in [0.15, 0.2) is 5.16 Å². The Balaban J connectivity index is 3.66. The van der Waals surface area contributed by atoms with Gasteiger partial charge < -0.3 is 16.0 Å². The van der Waals surface area contributed by atoms with Crippen molar-refractivity contribution >= 4 is 17.6 Å². The van der Waals surface area contributed by atoms with Crippen LogP contribution in [0.3, 0.4) is 0 Å². The Morgan fingerprint density at radius 1 is 1.50 bits per heavy atom. The van der Waals surface area contributed by atoms with E-state index in [1.54, 1.807) is 0 Å². The van der Waals surface area contributed by atoms with Crippen LogP contribution in [-0.4, -0.2) is 34.3 Å². The third-order valence-corrected chi connectivity index (χ3v) is 3.99. The van der Waals surface area contributed by atoms with Gasteiger partial charge in [-0.05, 0) is 30.3 Å². The van der Waals surface area contributed by atoms with Crippen LogP contribution in [0.4, 0.5) is 0 Å². The summed E-state index contributed by atoms with van der Waals surface area (Å²) in [5, 5.41) is 20.5. The maximum Gasteiger partial charge on any atom is 0.144 e. The zero-order valence-corrected chi connectivity index (χ0v) is 11.3. The standard InChI is InChI=1S/C11H24N2O2S/c1-9(7-14)8-16-6-4-5-11(2,3)10(12)13-15/h9,14-15H,4-8H2,1-3H3,(H2,12,13). The molecule has 0 saturated heterocycles. The summed E-state index contributed by atoms with van der Waals surface area (Å²) in [6.07, 6.45) is 1.94. The highest BCUT2D eigenvalue weighted by Crippen LogP contribution is 2.23. The summed E-state index contributed by atoms with van der Waals surface area (Å²) < 4.78 is 0. The normalized spacial score (nSPS) is 15.1. The average molecular weight is 248 g/mol. The van der Waals surface area contributed by atoms with E-state index in [-0.39, 0.29) is 12.0 Å². The average Bonchev–Trinajstić information content (AvgIpc) is 2.26. The molecule has 0 saturated carbocycles. The number of hydrogen-bond donors (Lipinski definition) is 3. The van der Waals surface area contributed by atoms with Crippen molar-refractivity contribution < 1.29 is 10.3 Å². The van der Waals surface area contributed by atoms with Crippen LogP contribution >= 0.6 is 11.8 Å². The van der Waals surface area contributed by atoms with Crippen LogP contribution in [0, 0.1) is 11.3 Å². The molecule has 0 aromatic heterocycles. The van der Waals surface area contributed by atoms with E-state index < -0.39 is 0 Å². The van der Waals surface area contributed by atoms with E-state index in [0.717, 1.165) is 24.3 Å². The number of nitrogens with zero attached hydrogens (tertiary/aromatic N) is 1. The number of oxime groups is 1. The predicted molar refractivity (Wildman–Crippen MR) is 70.0 cm³/mol. The predicted octanol–water partition coefficient (Wildman–Crippen LogP) is 1.90. The van der Waals surface area contributed by atoms with Gasteiger partial charge in [-0.25, -0.2) is 0 Å². The van der Waals surface area contributed by atoms with Crippen molar-refractivity contribution in [1.29, 1.82) is 0 Å². The van der Waals surface area contributed by atoms with E-state index in [1.807, 2.05) is 32.5 Å². The van der Waals surface area contributed by atoms with Gasteiger partial charge in [-0.1, -0.05) is 25.9 Å². The van der Waals surface area contributed by atoms with Crippen molar-refractivity contribution in [2.24, 2.45) is 22.2 Å². The second-order valence-electron chi connectivity index (χ2n) is 4.84. The van der Waals surface area contributed by atoms with Gasteiger partial charge >= 0.3 is 0 Å². The quantitative estimate of drug-likeness (QED) is 0.201. The summed E-state index contributed by atoms with van der Waals surface area (Å²) in [4.78, 5) is 0. The van der Waals surface area contributed by atoms with Gasteiger partial charge in [0, 0.05) is 12.0 Å². The van der Waals surface area contributed by atoms with Gasteiger partial charge in [0.05, 0.1) is 0 Å². The minimum atomic E-state index is -0.238.